The van der Waals surface area contributed by atoms with Crippen molar-refractivity contribution in [3.63, 3.8) is 0 Å². The fourth-order valence-corrected chi connectivity index (χ4v) is 4.72. The monoisotopic (exact) mass is 524 g/mol. The van der Waals surface area contributed by atoms with Crippen LogP contribution in [0.15, 0.2) is 84.9 Å². The lowest BCUT2D eigenvalue weighted by Crippen LogP contribution is -2.52. The van der Waals surface area contributed by atoms with Crippen LogP contribution in [0, 0.1) is 10.1 Å². The standard InChI is InChI=1S/C26H28N4O6S/c1-27-26(32)24(16-20-10-5-3-6-11-20)28(18-21-12-7-4-8-13-21)25(31)19-29(37(2,35)36)22-14-9-15-23(17-22)30(33)34/h3-15,17,24H,16,18-19H2,1-2H3,(H,27,32)/t24-/m1/s1. The van der Waals surface area contributed by atoms with Crippen molar-refractivity contribution in [2.75, 3.05) is 24.2 Å². The number of rotatable bonds is 11. The molecule has 0 saturated heterocycles. The number of carbonyl (C=O) groups excluding carboxylic acids is 2. The molecule has 2 amide bonds. The summed E-state index contributed by atoms with van der Waals surface area (Å²) in [7, 11) is -2.54. The Morgan fingerprint density at radius 3 is 2.08 bits per heavy atom. The van der Waals surface area contributed by atoms with Crippen LogP contribution in [0.3, 0.4) is 0 Å². The molecular formula is C26H28N4O6S. The van der Waals surface area contributed by atoms with Gasteiger partial charge in [0.25, 0.3) is 5.69 Å². The third kappa shape index (κ3) is 7.37. The van der Waals surface area contributed by atoms with E-state index in [1.807, 2.05) is 36.4 Å². The topological polar surface area (TPSA) is 130 Å². The van der Waals surface area contributed by atoms with Crippen molar-refractivity contribution < 1.29 is 22.9 Å². The highest BCUT2D eigenvalue weighted by Crippen LogP contribution is 2.24. The molecule has 10 nitrogen and oxygen atoms in total. The molecule has 0 saturated carbocycles. The number of amides is 2. The van der Waals surface area contributed by atoms with E-state index in [4.69, 9.17) is 0 Å². The summed E-state index contributed by atoms with van der Waals surface area (Å²) in [6.45, 7) is -0.591. The van der Waals surface area contributed by atoms with E-state index in [0.717, 1.165) is 27.8 Å². The minimum Gasteiger partial charge on any atom is -0.357 e. The zero-order valence-corrected chi connectivity index (χ0v) is 21.3. The second kappa shape index (κ2) is 12.1. The minimum atomic E-state index is -4.01. The second-order valence-corrected chi connectivity index (χ2v) is 10.3. The summed E-state index contributed by atoms with van der Waals surface area (Å²) in [5.41, 5.74) is 1.23. The summed E-state index contributed by atoms with van der Waals surface area (Å²) in [4.78, 5) is 38.7. The average Bonchev–Trinajstić information content (AvgIpc) is 2.89. The van der Waals surface area contributed by atoms with Crippen molar-refractivity contribution >= 4 is 33.2 Å². The van der Waals surface area contributed by atoms with Crippen LogP contribution < -0.4 is 9.62 Å². The molecule has 0 bridgehead atoms. The van der Waals surface area contributed by atoms with Crippen LogP contribution in [0.4, 0.5) is 11.4 Å². The lowest BCUT2D eigenvalue weighted by atomic mass is 10.0. The molecule has 0 heterocycles. The van der Waals surface area contributed by atoms with Gasteiger partial charge in [-0.15, -0.1) is 0 Å². The number of nitrogens with zero attached hydrogens (tertiary/aromatic N) is 3. The van der Waals surface area contributed by atoms with Crippen molar-refractivity contribution in [2.24, 2.45) is 0 Å². The number of sulfonamides is 1. The first-order chi connectivity index (χ1) is 17.6. The van der Waals surface area contributed by atoms with Gasteiger partial charge in [-0.1, -0.05) is 66.7 Å². The molecule has 0 aliphatic heterocycles. The molecule has 3 aromatic rings. The molecule has 3 rings (SSSR count). The number of anilines is 1. The van der Waals surface area contributed by atoms with Crippen LogP contribution in [0.5, 0.6) is 0 Å². The Morgan fingerprint density at radius 2 is 1.54 bits per heavy atom. The molecule has 0 aliphatic carbocycles. The molecular weight excluding hydrogens is 496 g/mol. The molecule has 1 N–H and O–H groups in total. The number of non-ortho nitro benzene ring substituents is 1. The van der Waals surface area contributed by atoms with E-state index >= 15 is 0 Å². The lowest BCUT2D eigenvalue weighted by molar-refractivity contribution is -0.384. The van der Waals surface area contributed by atoms with Gasteiger partial charge in [-0.25, -0.2) is 8.42 Å². The van der Waals surface area contributed by atoms with E-state index in [-0.39, 0.29) is 24.3 Å². The molecule has 0 fully saturated rings. The van der Waals surface area contributed by atoms with Crippen LogP contribution >= 0.6 is 0 Å². The Kier molecular flexibility index (Phi) is 8.96. The molecule has 194 valence electrons. The number of nitro groups is 1. The van der Waals surface area contributed by atoms with E-state index in [1.54, 1.807) is 24.3 Å². The van der Waals surface area contributed by atoms with Gasteiger partial charge in [-0.2, -0.15) is 0 Å². The van der Waals surface area contributed by atoms with E-state index < -0.39 is 39.3 Å². The number of benzene rings is 3. The quantitative estimate of drug-likeness (QED) is 0.303. The smallest absolute Gasteiger partial charge is 0.271 e. The van der Waals surface area contributed by atoms with Crippen molar-refractivity contribution in [2.45, 2.75) is 19.0 Å². The molecule has 0 unspecified atom stereocenters. The maximum absolute atomic E-state index is 13.8. The summed E-state index contributed by atoms with van der Waals surface area (Å²) in [6.07, 6.45) is 1.12. The van der Waals surface area contributed by atoms with Gasteiger partial charge < -0.3 is 10.2 Å². The third-order valence-corrected chi connectivity index (χ3v) is 6.86. The third-order valence-electron chi connectivity index (χ3n) is 5.72. The van der Waals surface area contributed by atoms with Crippen molar-refractivity contribution in [1.29, 1.82) is 0 Å². The Labute approximate surface area is 215 Å². The number of likely N-dealkylation sites (N-methyl/N-ethyl adjacent to an activating group) is 1. The SMILES string of the molecule is CNC(=O)[C@@H](Cc1ccccc1)N(Cc1ccccc1)C(=O)CN(c1cccc([N+](=O)[O-])c1)S(C)(=O)=O. The van der Waals surface area contributed by atoms with Crippen LogP contribution in [0.25, 0.3) is 0 Å². The molecule has 0 aliphatic rings. The average molecular weight is 525 g/mol. The highest BCUT2D eigenvalue weighted by molar-refractivity contribution is 7.92. The number of carbonyl (C=O) groups is 2. The number of nitrogens with one attached hydrogen (secondary N) is 1. The maximum atomic E-state index is 13.8. The lowest BCUT2D eigenvalue weighted by Gasteiger charge is -2.33. The Morgan fingerprint density at radius 1 is 0.946 bits per heavy atom. The molecule has 0 radical (unpaired) electrons. The van der Waals surface area contributed by atoms with Crippen molar-refractivity contribution in [3.05, 3.63) is 106 Å². The summed E-state index contributed by atoms with van der Waals surface area (Å²) in [5.74, 6) is -1.04. The summed E-state index contributed by atoms with van der Waals surface area (Å²) in [6, 6.07) is 22.3. The van der Waals surface area contributed by atoms with E-state index in [1.165, 1.54) is 30.1 Å². The van der Waals surface area contributed by atoms with Gasteiger partial charge in [-0.05, 0) is 17.2 Å². The molecule has 11 heteroatoms. The van der Waals surface area contributed by atoms with Crippen LogP contribution in [0.2, 0.25) is 0 Å². The first-order valence-corrected chi connectivity index (χ1v) is 13.3. The van der Waals surface area contributed by atoms with Crippen LogP contribution in [-0.2, 0) is 32.6 Å². The first-order valence-electron chi connectivity index (χ1n) is 11.4. The molecule has 0 aromatic heterocycles. The van der Waals surface area contributed by atoms with Crippen molar-refractivity contribution in [1.82, 2.24) is 10.2 Å². The largest absolute Gasteiger partial charge is 0.357 e. The summed E-state index contributed by atoms with van der Waals surface area (Å²) >= 11 is 0. The predicted octanol–water partition coefficient (Wildman–Crippen LogP) is 2.75. The normalized spacial score (nSPS) is 11.8. The number of nitro benzene ring substituents is 1. The van der Waals surface area contributed by atoms with Gasteiger partial charge >= 0.3 is 0 Å². The fraction of sp³-hybridized carbons (Fsp3) is 0.231. The Bertz CT molecular complexity index is 1350. The zero-order valence-electron chi connectivity index (χ0n) is 20.5. The van der Waals surface area contributed by atoms with Crippen molar-refractivity contribution in [3.8, 4) is 0 Å². The Balaban J connectivity index is 2.02. The van der Waals surface area contributed by atoms with Gasteiger partial charge in [0.1, 0.15) is 12.6 Å². The van der Waals surface area contributed by atoms with Gasteiger partial charge in [0.15, 0.2) is 0 Å². The number of hydrogen-bond donors (Lipinski definition) is 1. The van der Waals surface area contributed by atoms with Crippen LogP contribution in [0.1, 0.15) is 11.1 Å². The van der Waals surface area contributed by atoms with Gasteiger partial charge in [-0.3, -0.25) is 24.0 Å². The van der Waals surface area contributed by atoms with Gasteiger partial charge in [0.05, 0.1) is 16.9 Å². The first kappa shape index (κ1) is 27.3. The van der Waals surface area contributed by atoms with E-state index in [9.17, 15) is 28.1 Å². The van der Waals surface area contributed by atoms with Gasteiger partial charge in [0, 0.05) is 32.1 Å². The summed E-state index contributed by atoms with van der Waals surface area (Å²) in [5, 5.41) is 13.8. The number of hydrogen-bond acceptors (Lipinski definition) is 6. The second-order valence-electron chi connectivity index (χ2n) is 8.37. The zero-order chi connectivity index (χ0) is 27.0. The van der Waals surface area contributed by atoms with E-state index in [2.05, 4.69) is 5.32 Å². The van der Waals surface area contributed by atoms with Crippen LogP contribution in [-0.4, -0.2) is 55.9 Å². The molecule has 1 atom stereocenters. The van der Waals surface area contributed by atoms with Gasteiger partial charge in [0.2, 0.25) is 21.8 Å². The highest BCUT2D eigenvalue weighted by atomic mass is 32.2. The van der Waals surface area contributed by atoms with E-state index in [0.29, 0.717) is 0 Å². The molecule has 3 aromatic carbocycles. The minimum absolute atomic E-state index is 0.0238. The highest BCUT2D eigenvalue weighted by Gasteiger charge is 2.32. The molecule has 0 spiro atoms. The predicted molar refractivity (Wildman–Crippen MR) is 140 cm³/mol. The maximum Gasteiger partial charge on any atom is 0.271 e. The fourth-order valence-electron chi connectivity index (χ4n) is 3.88. The molecule has 37 heavy (non-hydrogen) atoms. The summed E-state index contributed by atoms with van der Waals surface area (Å²) < 4.78 is 26.2. The Hall–Kier alpha value is -4.25.